The van der Waals surface area contributed by atoms with Crippen molar-refractivity contribution in [2.75, 3.05) is 0 Å². The highest BCUT2D eigenvalue weighted by Crippen LogP contribution is 2.44. The van der Waals surface area contributed by atoms with Crippen LogP contribution in [-0.2, 0) is 12.3 Å². The van der Waals surface area contributed by atoms with Crippen molar-refractivity contribution in [1.82, 2.24) is 9.97 Å². The average molecular weight is 415 g/mol. The molecule has 8 heteroatoms. The minimum absolute atomic E-state index is 0.158. The molecule has 1 atom stereocenters. The summed E-state index contributed by atoms with van der Waals surface area (Å²) < 4.78 is 63.2. The van der Waals surface area contributed by atoms with Crippen LogP contribution >= 0.6 is 15.9 Å². The normalized spacial score (nSPS) is 13.0. The second kappa shape index (κ2) is 6.95. The van der Waals surface area contributed by atoms with E-state index in [-0.39, 0.29) is 17.7 Å². The van der Waals surface area contributed by atoms with Gasteiger partial charge in [-0.3, -0.25) is 4.98 Å². The van der Waals surface area contributed by atoms with Crippen molar-refractivity contribution in [3.63, 3.8) is 0 Å². The van der Waals surface area contributed by atoms with Crippen molar-refractivity contribution in [3.05, 3.63) is 82.2 Å². The van der Waals surface area contributed by atoms with Crippen LogP contribution in [-0.4, -0.2) is 9.97 Å². The molecule has 0 amide bonds. The lowest BCUT2D eigenvalue weighted by Gasteiger charge is -2.26. The molecule has 0 aliphatic heterocycles. The number of benzene rings is 1. The number of rotatable bonds is 5. The zero-order valence-corrected chi connectivity index (χ0v) is 14.2. The molecule has 0 N–H and O–H groups in total. The molecular formula is C17H11BrF4N2O. The molecule has 2 aromatic heterocycles. The molecule has 0 saturated carbocycles. The highest BCUT2D eigenvalue weighted by molar-refractivity contribution is 9.10. The second-order valence-corrected chi connectivity index (χ2v) is 6.29. The molecule has 0 fully saturated rings. The van der Waals surface area contributed by atoms with Crippen LogP contribution in [0.15, 0.2) is 58.0 Å². The molecule has 3 rings (SSSR count). The Morgan fingerprint density at radius 1 is 1.12 bits per heavy atom. The van der Waals surface area contributed by atoms with E-state index in [0.717, 1.165) is 24.6 Å². The van der Waals surface area contributed by atoms with Crippen LogP contribution in [0.25, 0.3) is 0 Å². The van der Waals surface area contributed by atoms with E-state index < -0.39 is 29.2 Å². The minimum atomic E-state index is -3.52. The molecule has 25 heavy (non-hydrogen) atoms. The van der Waals surface area contributed by atoms with E-state index in [0.29, 0.717) is 10.5 Å². The standard InChI is InChI=1S/C17H11BrF4N2O/c18-10-1-4-16(24-7-10)17(21,22)14(6-12-8-23-9-25-12)13-3-2-11(19)5-15(13)20/h1-5,7-9,14H,6H2. The third-order valence-corrected chi connectivity index (χ3v) is 4.20. The largest absolute Gasteiger partial charge is 0.449 e. The predicted octanol–water partition coefficient (Wildman–Crippen LogP) is 5.23. The summed E-state index contributed by atoms with van der Waals surface area (Å²) in [6, 6.07) is 5.10. The van der Waals surface area contributed by atoms with Gasteiger partial charge < -0.3 is 4.42 Å². The van der Waals surface area contributed by atoms with Gasteiger partial charge >= 0.3 is 0 Å². The summed E-state index contributed by atoms with van der Waals surface area (Å²) in [5, 5.41) is 0. The molecule has 3 nitrogen and oxygen atoms in total. The number of alkyl halides is 2. The maximum Gasteiger partial charge on any atom is 0.296 e. The van der Waals surface area contributed by atoms with E-state index in [1.807, 2.05) is 0 Å². The Hall–Kier alpha value is -2.22. The van der Waals surface area contributed by atoms with Crippen LogP contribution < -0.4 is 0 Å². The van der Waals surface area contributed by atoms with E-state index in [9.17, 15) is 8.78 Å². The molecule has 3 aromatic rings. The van der Waals surface area contributed by atoms with Crippen LogP contribution in [0.5, 0.6) is 0 Å². The fourth-order valence-electron chi connectivity index (χ4n) is 2.51. The average Bonchev–Trinajstić information content (AvgIpc) is 3.07. The zero-order chi connectivity index (χ0) is 18.0. The Kier molecular flexibility index (Phi) is 4.89. The number of halogens is 5. The Morgan fingerprint density at radius 3 is 2.52 bits per heavy atom. The summed E-state index contributed by atoms with van der Waals surface area (Å²) in [5.74, 6) is -6.90. The smallest absolute Gasteiger partial charge is 0.296 e. The summed E-state index contributed by atoms with van der Waals surface area (Å²) in [6.45, 7) is 0. The van der Waals surface area contributed by atoms with Gasteiger partial charge in [-0.15, -0.1) is 0 Å². The van der Waals surface area contributed by atoms with Crippen molar-refractivity contribution in [2.24, 2.45) is 0 Å². The van der Waals surface area contributed by atoms with E-state index in [1.54, 1.807) is 0 Å². The first-order chi connectivity index (χ1) is 11.9. The SMILES string of the molecule is Fc1ccc(C(Cc2cnco2)C(F)(F)c2ccc(Br)cn2)c(F)c1. The molecule has 0 spiro atoms. The number of hydrogen-bond donors (Lipinski definition) is 0. The first-order valence-corrected chi connectivity index (χ1v) is 7.99. The van der Waals surface area contributed by atoms with Crippen molar-refractivity contribution >= 4 is 15.9 Å². The maximum atomic E-state index is 15.1. The number of nitrogens with zero attached hydrogens (tertiary/aromatic N) is 2. The fourth-order valence-corrected chi connectivity index (χ4v) is 2.75. The van der Waals surface area contributed by atoms with Gasteiger partial charge in [0.25, 0.3) is 5.92 Å². The van der Waals surface area contributed by atoms with Gasteiger partial charge in [0.2, 0.25) is 0 Å². The van der Waals surface area contributed by atoms with Gasteiger partial charge in [-0.25, -0.2) is 13.8 Å². The molecule has 0 aliphatic carbocycles. The third-order valence-electron chi connectivity index (χ3n) is 3.73. The summed E-state index contributed by atoms with van der Waals surface area (Å²) >= 11 is 3.13. The van der Waals surface area contributed by atoms with Gasteiger partial charge in [0.1, 0.15) is 23.1 Å². The number of hydrogen-bond acceptors (Lipinski definition) is 3. The van der Waals surface area contributed by atoms with Crippen molar-refractivity contribution in [3.8, 4) is 0 Å². The third kappa shape index (κ3) is 3.73. The monoisotopic (exact) mass is 414 g/mol. The maximum absolute atomic E-state index is 15.1. The highest BCUT2D eigenvalue weighted by atomic mass is 79.9. The lowest BCUT2D eigenvalue weighted by molar-refractivity contribution is -0.0406. The zero-order valence-electron chi connectivity index (χ0n) is 12.6. The minimum Gasteiger partial charge on any atom is -0.449 e. The van der Waals surface area contributed by atoms with Crippen molar-refractivity contribution in [1.29, 1.82) is 0 Å². The summed E-state index contributed by atoms with van der Waals surface area (Å²) in [5.41, 5.74) is -0.851. The fraction of sp³-hybridized carbons (Fsp3) is 0.176. The Bertz CT molecular complexity index is 854. The molecule has 130 valence electrons. The summed E-state index contributed by atoms with van der Waals surface area (Å²) in [7, 11) is 0. The molecule has 1 unspecified atom stereocenters. The lowest BCUT2D eigenvalue weighted by Crippen LogP contribution is -2.27. The van der Waals surface area contributed by atoms with E-state index in [2.05, 4.69) is 25.9 Å². The molecule has 0 saturated heterocycles. The van der Waals surface area contributed by atoms with Gasteiger partial charge in [0.05, 0.1) is 12.1 Å². The Balaban J connectivity index is 2.07. The van der Waals surface area contributed by atoms with Crippen LogP contribution in [0.3, 0.4) is 0 Å². The van der Waals surface area contributed by atoms with Crippen LogP contribution in [0.2, 0.25) is 0 Å². The van der Waals surface area contributed by atoms with Gasteiger partial charge in [-0.2, -0.15) is 8.78 Å². The van der Waals surface area contributed by atoms with Gasteiger partial charge in [-0.05, 0) is 39.7 Å². The van der Waals surface area contributed by atoms with Gasteiger partial charge in [0, 0.05) is 23.2 Å². The number of oxazole rings is 1. The summed E-state index contributed by atoms with van der Waals surface area (Å²) in [6.07, 6.45) is 3.28. The quantitative estimate of drug-likeness (QED) is 0.536. The van der Waals surface area contributed by atoms with Gasteiger partial charge in [-0.1, -0.05) is 6.07 Å². The molecule has 0 radical (unpaired) electrons. The van der Waals surface area contributed by atoms with E-state index >= 15 is 8.78 Å². The molecule has 0 bridgehead atoms. The highest BCUT2D eigenvalue weighted by Gasteiger charge is 2.45. The van der Waals surface area contributed by atoms with E-state index in [1.165, 1.54) is 18.5 Å². The predicted molar refractivity (Wildman–Crippen MR) is 85.1 cm³/mol. The Morgan fingerprint density at radius 2 is 1.92 bits per heavy atom. The molecular weight excluding hydrogens is 404 g/mol. The molecule has 1 aromatic carbocycles. The van der Waals surface area contributed by atoms with E-state index in [4.69, 9.17) is 4.42 Å². The number of pyridine rings is 1. The van der Waals surface area contributed by atoms with Crippen LogP contribution in [0, 0.1) is 11.6 Å². The first kappa shape index (κ1) is 17.6. The second-order valence-electron chi connectivity index (χ2n) is 5.37. The molecule has 2 heterocycles. The van der Waals surface area contributed by atoms with Crippen molar-refractivity contribution in [2.45, 2.75) is 18.3 Å². The Labute approximate surface area is 148 Å². The molecule has 0 aliphatic rings. The van der Waals surface area contributed by atoms with Crippen LogP contribution in [0.4, 0.5) is 17.6 Å². The van der Waals surface area contributed by atoms with Crippen molar-refractivity contribution < 1.29 is 22.0 Å². The number of aromatic nitrogens is 2. The topological polar surface area (TPSA) is 38.9 Å². The lowest BCUT2D eigenvalue weighted by atomic mass is 9.86. The summed E-state index contributed by atoms with van der Waals surface area (Å²) in [4.78, 5) is 7.42. The van der Waals surface area contributed by atoms with Crippen LogP contribution in [0.1, 0.15) is 22.9 Å². The first-order valence-electron chi connectivity index (χ1n) is 7.20. The van der Waals surface area contributed by atoms with Gasteiger partial charge in [0.15, 0.2) is 6.39 Å².